The number of carbonyl (C=O) groups excluding carboxylic acids is 2. The highest BCUT2D eigenvalue weighted by Crippen LogP contribution is 2.27. The van der Waals surface area contributed by atoms with Crippen LogP contribution in [0.25, 0.3) is 0 Å². The van der Waals surface area contributed by atoms with Crippen molar-refractivity contribution >= 4 is 29.1 Å². The van der Waals surface area contributed by atoms with Gasteiger partial charge in [-0.1, -0.05) is 6.07 Å². The average Bonchev–Trinajstić information content (AvgIpc) is 2.55. The van der Waals surface area contributed by atoms with Gasteiger partial charge in [0.1, 0.15) is 23.3 Å². The maximum atomic E-state index is 13.7. The Morgan fingerprint density at radius 1 is 1.00 bits per heavy atom. The molecular weight excluding hydrogens is 368 g/mol. The topological polar surface area (TPSA) is 79.5 Å². The molecule has 2 amide bonds. The molecule has 0 heterocycles. The summed E-state index contributed by atoms with van der Waals surface area (Å²) in [6.07, 6.45) is -0.729. The van der Waals surface area contributed by atoms with E-state index in [1.54, 1.807) is 26.8 Å². The zero-order valence-electron chi connectivity index (χ0n) is 16.1. The van der Waals surface area contributed by atoms with Crippen LogP contribution in [0.5, 0.6) is 0 Å². The Hall–Kier alpha value is -3.16. The van der Waals surface area contributed by atoms with Gasteiger partial charge in [0.25, 0.3) is 0 Å². The summed E-state index contributed by atoms with van der Waals surface area (Å²) in [7, 11) is 0. The third-order valence-corrected chi connectivity index (χ3v) is 3.47. The number of carbonyl (C=O) groups is 2. The van der Waals surface area contributed by atoms with Crippen molar-refractivity contribution in [1.29, 1.82) is 0 Å². The molecule has 0 saturated heterocycles. The second-order valence-electron chi connectivity index (χ2n) is 7.18. The van der Waals surface area contributed by atoms with E-state index in [1.807, 2.05) is 0 Å². The second kappa shape index (κ2) is 8.69. The molecule has 0 radical (unpaired) electrons. The van der Waals surface area contributed by atoms with E-state index in [9.17, 15) is 18.4 Å². The highest BCUT2D eigenvalue weighted by atomic mass is 19.1. The number of amides is 2. The van der Waals surface area contributed by atoms with Gasteiger partial charge in [0.2, 0.25) is 5.91 Å². The van der Waals surface area contributed by atoms with Gasteiger partial charge in [-0.25, -0.2) is 13.6 Å². The first-order valence-corrected chi connectivity index (χ1v) is 8.66. The van der Waals surface area contributed by atoms with Crippen LogP contribution in [0.1, 0.15) is 27.7 Å². The van der Waals surface area contributed by atoms with Crippen molar-refractivity contribution in [2.24, 2.45) is 0 Å². The van der Waals surface area contributed by atoms with Crippen LogP contribution in [0.3, 0.4) is 0 Å². The Labute approximate surface area is 162 Å². The summed E-state index contributed by atoms with van der Waals surface area (Å²) >= 11 is 0. The average molecular weight is 391 g/mol. The number of ether oxygens (including phenoxy) is 1. The Kier molecular flexibility index (Phi) is 6.56. The third-order valence-electron chi connectivity index (χ3n) is 3.47. The summed E-state index contributed by atoms with van der Waals surface area (Å²) in [5, 5.41) is 7.90. The fraction of sp³-hybridized carbons (Fsp3) is 0.300. The van der Waals surface area contributed by atoms with E-state index in [-0.39, 0.29) is 11.4 Å². The molecule has 150 valence electrons. The summed E-state index contributed by atoms with van der Waals surface area (Å²) in [5.74, 6) is -1.52. The minimum Gasteiger partial charge on any atom is -0.444 e. The predicted molar refractivity (Wildman–Crippen MR) is 104 cm³/mol. The predicted octanol–water partition coefficient (Wildman–Crippen LogP) is 4.56. The molecule has 0 spiro atoms. The van der Waals surface area contributed by atoms with Crippen LogP contribution in [0.15, 0.2) is 42.5 Å². The Morgan fingerprint density at radius 2 is 1.68 bits per heavy atom. The Balaban J connectivity index is 2.10. The second-order valence-corrected chi connectivity index (χ2v) is 7.18. The molecular formula is C20H23F2N3O3. The summed E-state index contributed by atoms with van der Waals surface area (Å²) in [5.41, 5.74) is 0.206. The monoisotopic (exact) mass is 391 g/mol. The molecule has 0 aliphatic carbocycles. The summed E-state index contributed by atoms with van der Waals surface area (Å²) < 4.78 is 32.1. The van der Waals surface area contributed by atoms with Gasteiger partial charge in [0, 0.05) is 5.69 Å². The lowest BCUT2D eigenvalue weighted by Gasteiger charge is -2.22. The normalized spacial score (nSPS) is 12.1. The minimum absolute atomic E-state index is 0.239. The molecule has 0 bridgehead atoms. The largest absolute Gasteiger partial charge is 0.444 e. The fourth-order valence-electron chi connectivity index (χ4n) is 2.24. The van der Waals surface area contributed by atoms with E-state index in [0.29, 0.717) is 5.69 Å². The number of anilines is 3. The molecule has 6 nitrogen and oxygen atoms in total. The van der Waals surface area contributed by atoms with E-state index in [4.69, 9.17) is 4.74 Å². The van der Waals surface area contributed by atoms with Gasteiger partial charge in [0.15, 0.2) is 0 Å². The minimum atomic E-state index is -0.901. The van der Waals surface area contributed by atoms with Gasteiger partial charge < -0.3 is 20.7 Å². The molecule has 2 aromatic rings. The maximum Gasteiger partial charge on any atom is 0.408 e. The molecule has 3 N–H and O–H groups in total. The van der Waals surface area contributed by atoms with Crippen LogP contribution in [-0.4, -0.2) is 23.6 Å². The van der Waals surface area contributed by atoms with Gasteiger partial charge >= 0.3 is 6.09 Å². The molecule has 1 atom stereocenters. The van der Waals surface area contributed by atoms with Crippen molar-refractivity contribution in [2.75, 3.05) is 10.6 Å². The number of alkyl carbamates (subject to hydrolysis) is 1. The van der Waals surface area contributed by atoms with Crippen molar-refractivity contribution < 1.29 is 23.1 Å². The molecule has 0 unspecified atom stereocenters. The van der Waals surface area contributed by atoms with E-state index in [0.717, 1.165) is 0 Å². The Morgan fingerprint density at radius 3 is 2.32 bits per heavy atom. The zero-order chi connectivity index (χ0) is 20.9. The standard InChI is InChI=1S/C20H23F2N3O3/c1-12(23-19(27)28-20(2,3)4)18(26)25-16-9-8-14(22)11-17(16)24-15-7-5-6-13(21)10-15/h5-12,24H,1-4H3,(H,23,27)(H,25,26)/t12-/m0/s1. The molecule has 28 heavy (non-hydrogen) atoms. The molecule has 0 aliphatic heterocycles. The number of nitrogens with one attached hydrogen (secondary N) is 3. The quantitative estimate of drug-likeness (QED) is 0.698. The molecule has 0 aromatic heterocycles. The number of hydrogen-bond acceptors (Lipinski definition) is 4. The number of benzene rings is 2. The first-order chi connectivity index (χ1) is 13.0. The van der Waals surface area contributed by atoms with Crippen molar-refractivity contribution in [3.8, 4) is 0 Å². The number of hydrogen-bond donors (Lipinski definition) is 3. The maximum absolute atomic E-state index is 13.7. The molecule has 0 saturated carbocycles. The summed E-state index contributed by atoms with van der Waals surface area (Å²) in [4.78, 5) is 24.2. The van der Waals surface area contributed by atoms with E-state index < -0.39 is 35.3 Å². The molecule has 0 fully saturated rings. The molecule has 2 rings (SSSR count). The highest BCUT2D eigenvalue weighted by Gasteiger charge is 2.21. The zero-order valence-corrected chi connectivity index (χ0v) is 16.1. The van der Waals surface area contributed by atoms with Crippen LogP contribution < -0.4 is 16.0 Å². The van der Waals surface area contributed by atoms with Gasteiger partial charge in [0.05, 0.1) is 11.4 Å². The SMILES string of the molecule is C[C@H](NC(=O)OC(C)(C)C)C(=O)Nc1ccc(F)cc1Nc1cccc(F)c1. The van der Waals surface area contributed by atoms with Gasteiger partial charge in [-0.15, -0.1) is 0 Å². The highest BCUT2D eigenvalue weighted by molar-refractivity contribution is 5.99. The van der Waals surface area contributed by atoms with Crippen LogP contribution in [0, 0.1) is 11.6 Å². The van der Waals surface area contributed by atoms with Crippen molar-refractivity contribution in [1.82, 2.24) is 5.32 Å². The number of halogens is 2. The lowest BCUT2D eigenvalue weighted by atomic mass is 10.2. The van der Waals surface area contributed by atoms with E-state index in [1.165, 1.54) is 43.3 Å². The fourth-order valence-corrected chi connectivity index (χ4v) is 2.24. The van der Waals surface area contributed by atoms with Gasteiger partial charge in [-0.3, -0.25) is 4.79 Å². The van der Waals surface area contributed by atoms with Crippen LogP contribution in [0.4, 0.5) is 30.6 Å². The first kappa shape index (κ1) is 21.1. The van der Waals surface area contributed by atoms with Gasteiger partial charge in [-0.2, -0.15) is 0 Å². The number of rotatable bonds is 5. The van der Waals surface area contributed by atoms with Crippen LogP contribution >= 0.6 is 0 Å². The third kappa shape index (κ3) is 6.53. The lowest BCUT2D eigenvalue weighted by Crippen LogP contribution is -2.44. The summed E-state index contributed by atoms with van der Waals surface area (Å²) in [6.45, 7) is 6.61. The summed E-state index contributed by atoms with van der Waals surface area (Å²) in [6, 6.07) is 8.45. The van der Waals surface area contributed by atoms with E-state index >= 15 is 0 Å². The molecule has 8 heteroatoms. The van der Waals surface area contributed by atoms with Crippen molar-refractivity contribution in [3.63, 3.8) is 0 Å². The first-order valence-electron chi connectivity index (χ1n) is 8.66. The van der Waals surface area contributed by atoms with E-state index in [2.05, 4.69) is 16.0 Å². The van der Waals surface area contributed by atoms with Crippen molar-refractivity contribution in [2.45, 2.75) is 39.3 Å². The van der Waals surface area contributed by atoms with Crippen molar-refractivity contribution in [3.05, 3.63) is 54.1 Å². The van der Waals surface area contributed by atoms with Gasteiger partial charge in [-0.05, 0) is 64.1 Å². The van der Waals surface area contributed by atoms with Crippen LogP contribution in [-0.2, 0) is 9.53 Å². The Bertz CT molecular complexity index is 866. The lowest BCUT2D eigenvalue weighted by molar-refractivity contribution is -0.117. The molecule has 2 aromatic carbocycles. The smallest absolute Gasteiger partial charge is 0.408 e. The van der Waals surface area contributed by atoms with Crippen LogP contribution in [0.2, 0.25) is 0 Å². The molecule has 0 aliphatic rings.